The van der Waals surface area contributed by atoms with Crippen molar-refractivity contribution in [2.45, 2.75) is 32.2 Å². The molecule has 0 aromatic heterocycles. The van der Waals surface area contributed by atoms with Crippen LogP contribution in [0.15, 0.2) is 18.2 Å². The molecule has 0 amide bonds. The first kappa shape index (κ1) is 14.4. The van der Waals surface area contributed by atoms with E-state index in [2.05, 4.69) is 4.90 Å². The fourth-order valence-corrected chi connectivity index (χ4v) is 2.88. The van der Waals surface area contributed by atoms with Crippen LogP contribution in [-0.4, -0.2) is 31.1 Å². The maximum Gasteiger partial charge on any atom is 0.340 e. The Balaban J connectivity index is 1.76. The molecule has 1 aromatic rings. The number of carbonyl (C=O) groups excluding carboxylic acids is 1. The van der Waals surface area contributed by atoms with E-state index in [1.165, 1.54) is 32.8 Å². The highest BCUT2D eigenvalue weighted by Crippen LogP contribution is 2.34. The number of anilines is 1. The molecule has 0 aliphatic heterocycles. The van der Waals surface area contributed by atoms with Crippen molar-refractivity contribution in [3.8, 4) is 0 Å². The van der Waals surface area contributed by atoms with E-state index < -0.39 is 0 Å². The SMILES string of the molecule is COC(=O)c1c(N)cccc1CN(CC1CC1)CC1CC1. The average molecular weight is 288 g/mol. The van der Waals surface area contributed by atoms with Crippen LogP contribution in [0, 0.1) is 11.8 Å². The summed E-state index contributed by atoms with van der Waals surface area (Å²) in [5.41, 5.74) is 8.02. The molecule has 0 heterocycles. The summed E-state index contributed by atoms with van der Waals surface area (Å²) < 4.78 is 4.89. The highest BCUT2D eigenvalue weighted by Gasteiger charge is 2.30. The van der Waals surface area contributed by atoms with Gasteiger partial charge in [0, 0.05) is 25.3 Å². The van der Waals surface area contributed by atoms with Gasteiger partial charge in [-0.05, 0) is 49.1 Å². The van der Waals surface area contributed by atoms with Gasteiger partial charge in [-0.15, -0.1) is 0 Å². The minimum atomic E-state index is -0.333. The Labute approximate surface area is 126 Å². The Morgan fingerprint density at radius 2 is 1.86 bits per heavy atom. The summed E-state index contributed by atoms with van der Waals surface area (Å²) in [5, 5.41) is 0. The van der Waals surface area contributed by atoms with Gasteiger partial charge in [-0.1, -0.05) is 12.1 Å². The summed E-state index contributed by atoms with van der Waals surface area (Å²) >= 11 is 0. The molecular weight excluding hydrogens is 264 g/mol. The number of benzene rings is 1. The van der Waals surface area contributed by atoms with Gasteiger partial charge in [-0.2, -0.15) is 0 Å². The molecule has 2 N–H and O–H groups in total. The summed E-state index contributed by atoms with van der Waals surface area (Å²) in [7, 11) is 1.41. The van der Waals surface area contributed by atoms with E-state index >= 15 is 0 Å². The van der Waals surface area contributed by atoms with E-state index in [1.54, 1.807) is 6.07 Å². The summed E-state index contributed by atoms with van der Waals surface area (Å²) in [6.45, 7) is 3.08. The molecule has 4 heteroatoms. The molecular formula is C17H24N2O2. The highest BCUT2D eigenvalue weighted by atomic mass is 16.5. The van der Waals surface area contributed by atoms with Crippen molar-refractivity contribution < 1.29 is 9.53 Å². The van der Waals surface area contributed by atoms with Crippen molar-refractivity contribution >= 4 is 11.7 Å². The number of rotatable bonds is 7. The van der Waals surface area contributed by atoms with E-state index in [-0.39, 0.29) is 5.97 Å². The van der Waals surface area contributed by atoms with Crippen molar-refractivity contribution in [1.29, 1.82) is 0 Å². The van der Waals surface area contributed by atoms with Gasteiger partial charge in [-0.3, -0.25) is 4.90 Å². The molecule has 0 bridgehead atoms. The van der Waals surface area contributed by atoms with Crippen LogP contribution in [0.3, 0.4) is 0 Å². The van der Waals surface area contributed by atoms with Crippen LogP contribution in [0.4, 0.5) is 5.69 Å². The second kappa shape index (κ2) is 6.06. The first-order valence-electron chi connectivity index (χ1n) is 7.85. The van der Waals surface area contributed by atoms with Crippen LogP contribution in [0.5, 0.6) is 0 Å². The van der Waals surface area contributed by atoms with Gasteiger partial charge >= 0.3 is 5.97 Å². The Hall–Kier alpha value is -1.55. The molecule has 2 saturated carbocycles. The van der Waals surface area contributed by atoms with Gasteiger partial charge in [0.15, 0.2) is 0 Å². The molecule has 2 fully saturated rings. The van der Waals surface area contributed by atoms with Crippen molar-refractivity contribution in [2.75, 3.05) is 25.9 Å². The number of ether oxygens (including phenoxy) is 1. The predicted molar refractivity (Wildman–Crippen MR) is 82.9 cm³/mol. The zero-order valence-electron chi connectivity index (χ0n) is 12.7. The van der Waals surface area contributed by atoms with Gasteiger partial charge < -0.3 is 10.5 Å². The second-order valence-electron chi connectivity index (χ2n) is 6.45. The Morgan fingerprint density at radius 3 is 2.38 bits per heavy atom. The monoisotopic (exact) mass is 288 g/mol. The predicted octanol–water partition coefficient (Wildman–Crippen LogP) is 2.68. The van der Waals surface area contributed by atoms with Crippen LogP contribution in [0.25, 0.3) is 0 Å². The van der Waals surface area contributed by atoms with Gasteiger partial charge in [0.2, 0.25) is 0 Å². The Bertz CT molecular complexity index is 508. The largest absolute Gasteiger partial charge is 0.465 e. The molecule has 0 saturated heterocycles. The normalized spacial score (nSPS) is 18.0. The van der Waals surface area contributed by atoms with Gasteiger partial charge in [-0.25, -0.2) is 4.79 Å². The van der Waals surface area contributed by atoms with Crippen LogP contribution < -0.4 is 5.73 Å². The van der Waals surface area contributed by atoms with E-state index in [4.69, 9.17) is 10.5 Å². The van der Waals surface area contributed by atoms with Crippen molar-refractivity contribution in [3.05, 3.63) is 29.3 Å². The van der Waals surface area contributed by atoms with Crippen LogP contribution in [0.2, 0.25) is 0 Å². The number of nitrogens with two attached hydrogens (primary N) is 1. The van der Waals surface area contributed by atoms with Crippen LogP contribution in [0.1, 0.15) is 41.6 Å². The molecule has 21 heavy (non-hydrogen) atoms. The molecule has 2 aliphatic rings. The third-order valence-electron chi connectivity index (χ3n) is 4.39. The molecule has 0 unspecified atom stereocenters. The Kier molecular flexibility index (Phi) is 4.15. The summed E-state index contributed by atoms with van der Waals surface area (Å²) in [4.78, 5) is 14.5. The van der Waals surface area contributed by atoms with Crippen molar-refractivity contribution in [3.63, 3.8) is 0 Å². The number of nitrogens with zero attached hydrogens (tertiary/aromatic N) is 1. The number of carbonyl (C=O) groups is 1. The number of methoxy groups -OCH3 is 1. The number of hydrogen-bond donors (Lipinski definition) is 1. The smallest absolute Gasteiger partial charge is 0.340 e. The van der Waals surface area contributed by atoms with E-state index in [0.29, 0.717) is 11.3 Å². The van der Waals surface area contributed by atoms with Crippen LogP contribution in [-0.2, 0) is 11.3 Å². The lowest BCUT2D eigenvalue weighted by Crippen LogP contribution is -2.29. The summed E-state index contributed by atoms with van der Waals surface area (Å²) in [6.07, 6.45) is 5.40. The fourth-order valence-electron chi connectivity index (χ4n) is 2.88. The van der Waals surface area contributed by atoms with Crippen molar-refractivity contribution in [2.24, 2.45) is 11.8 Å². The van der Waals surface area contributed by atoms with Crippen LogP contribution >= 0.6 is 0 Å². The molecule has 2 aliphatic carbocycles. The highest BCUT2D eigenvalue weighted by molar-refractivity contribution is 5.96. The number of hydrogen-bond acceptors (Lipinski definition) is 4. The molecule has 3 rings (SSSR count). The van der Waals surface area contributed by atoms with Gasteiger partial charge in [0.1, 0.15) is 0 Å². The quantitative estimate of drug-likeness (QED) is 0.619. The van der Waals surface area contributed by atoms with Gasteiger partial charge in [0.25, 0.3) is 0 Å². The molecule has 0 radical (unpaired) electrons. The van der Waals surface area contributed by atoms with E-state index in [1.807, 2.05) is 12.1 Å². The van der Waals surface area contributed by atoms with Gasteiger partial charge in [0.05, 0.1) is 12.7 Å². The van der Waals surface area contributed by atoms with E-state index in [0.717, 1.165) is 37.0 Å². The number of nitrogen functional groups attached to an aromatic ring is 1. The lowest BCUT2D eigenvalue weighted by Gasteiger charge is -2.23. The zero-order chi connectivity index (χ0) is 14.8. The Morgan fingerprint density at radius 1 is 1.24 bits per heavy atom. The minimum absolute atomic E-state index is 0.333. The molecule has 0 spiro atoms. The maximum atomic E-state index is 12.0. The first-order chi connectivity index (χ1) is 10.2. The molecule has 4 nitrogen and oxygen atoms in total. The van der Waals surface area contributed by atoms with Crippen molar-refractivity contribution in [1.82, 2.24) is 4.90 Å². The second-order valence-corrected chi connectivity index (χ2v) is 6.45. The average Bonchev–Trinajstić information content (AvgIpc) is 3.34. The third kappa shape index (κ3) is 3.76. The lowest BCUT2D eigenvalue weighted by atomic mass is 10.0. The zero-order valence-corrected chi connectivity index (χ0v) is 12.7. The molecule has 114 valence electrons. The summed E-state index contributed by atoms with van der Waals surface area (Å²) in [5.74, 6) is 1.37. The molecule has 0 atom stereocenters. The first-order valence-corrected chi connectivity index (χ1v) is 7.85. The third-order valence-corrected chi connectivity index (χ3v) is 4.39. The topological polar surface area (TPSA) is 55.6 Å². The standard InChI is InChI=1S/C17H24N2O2/c1-21-17(20)16-14(3-2-4-15(16)18)11-19(9-12-5-6-12)10-13-7-8-13/h2-4,12-13H,5-11,18H2,1H3. The summed E-state index contributed by atoms with van der Waals surface area (Å²) in [6, 6.07) is 5.68. The fraction of sp³-hybridized carbons (Fsp3) is 0.588. The minimum Gasteiger partial charge on any atom is -0.465 e. The van der Waals surface area contributed by atoms with E-state index in [9.17, 15) is 4.79 Å². The molecule has 1 aromatic carbocycles. The maximum absolute atomic E-state index is 12.0. The number of esters is 1. The lowest BCUT2D eigenvalue weighted by molar-refractivity contribution is 0.0599.